The number of nitro benzene ring substituents is 1. The lowest BCUT2D eigenvalue weighted by atomic mass is 10.1. The quantitative estimate of drug-likeness (QED) is 0.651. The van der Waals surface area contributed by atoms with Gasteiger partial charge in [-0.25, -0.2) is 0 Å². The molecule has 2 rings (SSSR count). The van der Waals surface area contributed by atoms with Gasteiger partial charge in [0.05, 0.1) is 10.5 Å². The molecule has 0 aliphatic heterocycles. The summed E-state index contributed by atoms with van der Waals surface area (Å²) in [7, 11) is 0. The number of anilines is 1. The Morgan fingerprint density at radius 3 is 2.40 bits per heavy atom. The van der Waals surface area contributed by atoms with Crippen molar-refractivity contribution >= 4 is 17.3 Å². The molecule has 1 amide bonds. The Labute approximate surface area is 140 Å². The first-order valence-corrected chi connectivity index (χ1v) is 7.02. The standard InChI is InChI=1S/C16H13F3N2O4/c1-10-2-3-11(8-14(10)16(17,18)19)20-15(22)9-25-13-6-4-12(5-7-13)21(23)24/h2-8H,9H2,1H3,(H,20,22). The van der Waals surface area contributed by atoms with Crippen molar-refractivity contribution in [2.75, 3.05) is 11.9 Å². The number of amides is 1. The van der Waals surface area contributed by atoms with Crippen LogP contribution in [0, 0.1) is 17.0 Å². The van der Waals surface area contributed by atoms with E-state index in [0.29, 0.717) is 0 Å². The zero-order valence-electron chi connectivity index (χ0n) is 13.0. The lowest BCUT2D eigenvalue weighted by molar-refractivity contribution is -0.384. The van der Waals surface area contributed by atoms with Crippen LogP contribution in [-0.2, 0) is 11.0 Å². The smallest absolute Gasteiger partial charge is 0.416 e. The number of rotatable bonds is 5. The summed E-state index contributed by atoms with van der Waals surface area (Å²) in [4.78, 5) is 21.7. The van der Waals surface area contributed by atoms with Gasteiger partial charge in [-0.15, -0.1) is 0 Å². The maximum Gasteiger partial charge on any atom is 0.416 e. The number of halogens is 3. The van der Waals surface area contributed by atoms with Gasteiger partial charge in [-0.2, -0.15) is 13.2 Å². The van der Waals surface area contributed by atoms with Gasteiger partial charge in [0, 0.05) is 17.8 Å². The summed E-state index contributed by atoms with van der Waals surface area (Å²) in [5, 5.41) is 12.8. The van der Waals surface area contributed by atoms with E-state index in [1.54, 1.807) is 0 Å². The number of aryl methyl sites for hydroxylation is 1. The lowest BCUT2D eigenvalue weighted by Gasteiger charge is -2.13. The number of carbonyl (C=O) groups excluding carboxylic acids is 1. The number of ether oxygens (including phenoxy) is 1. The molecule has 0 aromatic heterocycles. The first-order valence-electron chi connectivity index (χ1n) is 7.02. The molecule has 9 heteroatoms. The van der Waals surface area contributed by atoms with Gasteiger partial charge in [0.1, 0.15) is 5.75 Å². The molecule has 0 spiro atoms. The highest BCUT2D eigenvalue weighted by molar-refractivity contribution is 5.92. The summed E-state index contributed by atoms with van der Waals surface area (Å²) < 4.78 is 43.7. The predicted octanol–water partition coefficient (Wildman–Crippen LogP) is 3.94. The first-order chi connectivity index (χ1) is 11.7. The van der Waals surface area contributed by atoms with E-state index in [1.165, 1.54) is 43.3 Å². The van der Waals surface area contributed by atoms with Crippen LogP contribution < -0.4 is 10.1 Å². The molecule has 0 unspecified atom stereocenters. The zero-order chi connectivity index (χ0) is 18.6. The SMILES string of the molecule is Cc1ccc(NC(=O)COc2ccc([N+](=O)[O-])cc2)cc1C(F)(F)F. The van der Waals surface area contributed by atoms with Gasteiger partial charge in [-0.05, 0) is 36.8 Å². The molecule has 0 saturated heterocycles. The number of benzene rings is 2. The highest BCUT2D eigenvalue weighted by Gasteiger charge is 2.32. The number of nitro groups is 1. The topological polar surface area (TPSA) is 81.5 Å². The molecule has 2 aromatic carbocycles. The number of hydrogen-bond donors (Lipinski definition) is 1. The summed E-state index contributed by atoms with van der Waals surface area (Å²) in [6.07, 6.45) is -4.51. The van der Waals surface area contributed by atoms with Gasteiger partial charge >= 0.3 is 6.18 Å². The molecule has 25 heavy (non-hydrogen) atoms. The van der Waals surface area contributed by atoms with Gasteiger partial charge in [0.15, 0.2) is 6.61 Å². The summed E-state index contributed by atoms with van der Waals surface area (Å²) in [6, 6.07) is 8.52. The third kappa shape index (κ3) is 4.93. The lowest BCUT2D eigenvalue weighted by Crippen LogP contribution is -2.20. The van der Waals surface area contributed by atoms with Crippen molar-refractivity contribution in [3.05, 3.63) is 63.7 Å². The minimum Gasteiger partial charge on any atom is -0.484 e. The zero-order valence-corrected chi connectivity index (χ0v) is 13.0. The molecular formula is C16H13F3N2O4. The molecule has 1 N–H and O–H groups in total. The summed E-state index contributed by atoms with van der Waals surface area (Å²) in [6.45, 7) is 0.874. The average Bonchev–Trinajstić information content (AvgIpc) is 2.54. The summed E-state index contributed by atoms with van der Waals surface area (Å²) >= 11 is 0. The van der Waals surface area contributed by atoms with Crippen molar-refractivity contribution in [2.24, 2.45) is 0 Å². The van der Waals surface area contributed by atoms with Crippen LogP contribution in [0.15, 0.2) is 42.5 Å². The van der Waals surface area contributed by atoms with Crippen LogP contribution >= 0.6 is 0 Å². The third-order valence-corrected chi connectivity index (χ3v) is 3.24. The normalized spacial score (nSPS) is 11.0. The molecule has 6 nitrogen and oxygen atoms in total. The fourth-order valence-corrected chi connectivity index (χ4v) is 2.02. The van der Waals surface area contributed by atoms with Gasteiger partial charge in [-0.1, -0.05) is 6.07 Å². The molecule has 0 radical (unpaired) electrons. The number of carbonyl (C=O) groups is 1. The second-order valence-electron chi connectivity index (χ2n) is 5.12. The van der Waals surface area contributed by atoms with Crippen molar-refractivity contribution in [2.45, 2.75) is 13.1 Å². The highest BCUT2D eigenvalue weighted by atomic mass is 19.4. The molecule has 0 bridgehead atoms. The third-order valence-electron chi connectivity index (χ3n) is 3.24. The number of hydrogen-bond acceptors (Lipinski definition) is 4. The van der Waals surface area contributed by atoms with E-state index in [-0.39, 0.29) is 22.7 Å². The fraction of sp³-hybridized carbons (Fsp3) is 0.188. The van der Waals surface area contributed by atoms with Crippen LogP contribution in [0.4, 0.5) is 24.5 Å². The molecule has 132 valence electrons. The summed E-state index contributed by atoms with van der Waals surface area (Å²) in [5.41, 5.74) is -0.916. The van der Waals surface area contributed by atoms with Crippen LogP contribution in [0.25, 0.3) is 0 Å². The number of alkyl halides is 3. The van der Waals surface area contributed by atoms with E-state index in [1.807, 2.05) is 0 Å². The van der Waals surface area contributed by atoms with E-state index in [2.05, 4.69) is 5.32 Å². The maximum absolute atomic E-state index is 12.8. The molecule has 0 saturated carbocycles. The average molecular weight is 354 g/mol. The Balaban J connectivity index is 1.97. The van der Waals surface area contributed by atoms with Crippen LogP contribution in [0.1, 0.15) is 11.1 Å². The fourth-order valence-electron chi connectivity index (χ4n) is 2.02. The Kier molecular flexibility index (Phi) is 5.26. The molecular weight excluding hydrogens is 341 g/mol. The molecule has 0 aliphatic rings. The second kappa shape index (κ2) is 7.20. The van der Waals surface area contributed by atoms with Crippen LogP contribution in [-0.4, -0.2) is 17.4 Å². The molecule has 2 aromatic rings. The van der Waals surface area contributed by atoms with Gasteiger partial charge < -0.3 is 10.1 Å². The van der Waals surface area contributed by atoms with E-state index in [4.69, 9.17) is 4.74 Å². The van der Waals surface area contributed by atoms with E-state index < -0.39 is 29.2 Å². The predicted molar refractivity (Wildman–Crippen MR) is 83.4 cm³/mol. The van der Waals surface area contributed by atoms with Crippen molar-refractivity contribution in [3.8, 4) is 5.75 Å². The van der Waals surface area contributed by atoms with Crippen LogP contribution in [0.3, 0.4) is 0 Å². The summed E-state index contributed by atoms with van der Waals surface area (Å²) in [5.74, 6) is -0.434. The number of nitrogens with zero attached hydrogens (tertiary/aromatic N) is 1. The van der Waals surface area contributed by atoms with E-state index >= 15 is 0 Å². The Morgan fingerprint density at radius 1 is 1.20 bits per heavy atom. The largest absolute Gasteiger partial charge is 0.484 e. The molecule has 0 heterocycles. The highest BCUT2D eigenvalue weighted by Crippen LogP contribution is 2.33. The first kappa shape index (κ1) is 18.2. The van der Waals surface area contributed by atoms with Gasteiger partial charge in [0.2, 0.25) is 0 Å². The van der Waals surface area contributed by atoms with Gasteiger partial charge in [0.25, 0.3) is 11.6 Å². The number of nitrogens with one attached hydrogen (secondary N) is 1. The van der Waals surface area contributed by atoms with Gasteiger partial charge in [-0.3, -0.25) is 14.9 Å². The monoisotopic (exact) mass is 354 g/mol. The Bertz CT molecular complexity index is 789. The molecule has 0 atom stereocenters. The minimum atomic E-state index is -4.51. The van der Waals surface area contributed by atoms with E-state index in [9.17, 15) is 28.1 Å². The van der Waals surface area contributed by atoms with Crippen molar-refractivity contribution in [3.63, 3.8) is 0 Å². The van der Waals surface area contributed by atoms with Crippen molar-refractivity contribution in [1.82, 2.24) is 0 Å². The molecule has 0 fully saturated rings. The number of non-ortho nitro benzene ring substituents is 1. The second-order valence-corrected chi connectivity index (χ2v) is 5.12. The van der Waals surface area contributed by atoms with Crippen molar-refractivity contribution < 1.29 is 27.6 Å². The Morgan fingerprint density at radius 2 is 1.84 bits per heavy atom. The molecule has 0 aliphatic carbocycles. The van der Waals surface area contributed by atoms with Crippen molar-refractivity contribution in [1.29, 1.82) is 0 Å². The Hall–Kier alpha value is -3.10. The minimum absolute atomic E-state index is 0.00442. The maximum atomic E-state index is 12.8. The van der Waals surface area contributed by atoms with E-state index in [0.717, 1.165) is 6.07 Å². The van der Waals surface area contributed by atoms with Crippen LogP contribution in [0.5, 0.6) is 5.75 Å². The van der Waals surface area contributed by atoms with Crippen LogP contribution in [0.2, 0.25) is 0 Å².